The topological polar surface area (TPSA) is 66.4 Å². The van der Waals surface area contributed by atoms with Gasteiger partial charge in [0.2, 0.25) is 10.0 Å². The molecule has 0 aliphatic carbocycles. The van der Waals surface area contributed by atoms with Crippen molar-refractivity contribution in [2.24, 2.45) is 11.3 Å². The molecule has 0 radical (unpaired) electrons. The number of aliphatic hydroxyl groups is 1. The molecule has 0 rings (SSSR count). The van der Waals surface area contributed by atoms with Gasteiger partial charge >= 0.3 is 0 Å². The van der Waals surface area contributed by atoms with Crippen molar-refractivity contribution < 1.29 is 13.5 Å². The van der Waals surface area contributed by atoms with E-state index >= 15 is 0 Å². The second-order valence-corrected chi connectivity index (χ2v) is 7.70. The third-order valence-electron chi connectivity index (χ3n) is 1.95. The van der Waals surface area contributed by atoms with Crippen LogP contribution in [0.5, 0.6) is 0 Å². The first-order valence-corrected chi connectivity index (χ1v) is 7.32. The average Bonchev–Trinajstić information content (AvgIpc) is 1.96. The summed E-state index contributed by atoms with van der Waals surface area (Å²) in [6.07, 6.45) is 0.653. The standard InChI is InChI=1S/C11H25NO3S/c1-9(2)6-10(7-13)12-16(14,15)8-11(3,4)5/h9-10,12-13H,6-8H2,1-5H3. The summed E-state index contributed by atoms with van der Waals surface area (Å²) in [5.41, 5.74) is -0.274. The molecule has 0 aromatic carbocycles. The van der Waals surface area contributed by atoms with Gasteiger partial charge in [-0.2, -0.15) is 0 Å². The minimum absolute atomic E-state index is 0.0780. The lowest BCUT2D eigenvalue weighted by molar-refractivity contribution is 0.239. The molecule has 0 fully saturated rings. The zero-order valence-electron chi connectivity index (χ0n) is 10.9. The van der Waals surface area contributed by atoms with Gasteiger partial charge in [0.25, 0.3) is 0 Å². The van der Waals surface area contributed by atoms with Gasteiger partial charge in [0.05, 0.1) is 12.4 Å². The molecule has 4 nitrogen and oxygen atoms in total. The molecule has 98 valence electrons. The van der Waals surface area contributed by atoms with Crippen molar-refractivity contribution in [1.82, 2.24) is 4.72 Å². The van der Waals surface area contributed by atoms with E-state index < -0.39 is 10.0 Å². The normalized spacial score (nSPS) is 15.4. The first-order chi connectivity index (χ1) is 7.06. The molecule has 0 heterocycles. The monoisotopic (exact) mass is 251 g/mol. The van der Waals surface area contributed by atoms with Crippen molar-refractivity contribution in [2.45, 2.75) is 47.1 Å². The maximum atomic E-state index is 11.8. The summed E-state index contributed by atoms with van der Waals surface area (Å²) >= 11 is 0. The number of hydrogen-bond acceptors (Lipinski definition) is 3. The van der Waals surface area contributed by atoms with E-state index in [1.165, 1.54) is 0 Å². The first kappa shape index (κ1) is 15.9. The third-order valence-corrected chi connectivity index (χ3v) is 3.88. The molecule has 0 saturated heterocycles. The van der Waals surface area contributed by atoms with Crippen molar-refractivity contribution in [3.63, 3.8) is 0 Å². The van der Waals surface area contributed by atoms with E-state index in [0.29, 0.717) is 12.3 Å². The summed E-state index contributed by atoms with van der Waals surface area (Å²) in [4.78, 5) is 0. The second-order valence-electron chi connectivity index (χ2n) is 5.95. The molecule has 5 heteroatoms. The molecule has 1 unspecified atom stereocenters. The summed E-state index contributed by atoms with van der Waals surface area (Å²) in [5.74, 6) is 0.434. The fraction of sp³-hybridized carbons (Fsp3) is 1.00. The lowest BCUT2D eigenvalue weighted by atomic mass is 10.0. The predicted octanol–water partition coefficient (Wildman–Crippen LogP) is 1.36. The van der Waals surface area contributed by atoms with Gasteiger partial charge in [-0.3, -0.25) is 0 Å². The SMILES string of the molecule is CC(C)CC(CO)NS(=O)(=O)CC(C)(C)C. The molecule has 1 atom stereocenters. The third kappa shape index (κ3) is 8.07. The summed E-state index contributed by atoms with van der Waals surface area (Å²) in [7, 11) is -3.31. The Morgan fingerprint density at radius 1 is 1.25 bits per heavy atom. The largest absolute Gasteiger partial charge is 0.395 e. The van der Waals surface area contributed by atoms with Crippen molar-refractivity contribution >= 4 is 10.0 Å². The Balaban J connectivity index is 4.44. The minimum atomic E-state index is -3.31. The van der Waals surface area contributed by atoms with Gasteiger partial charge in [-0.15, -0.1) is 0 Å². The average molecular weight is 251 g/mol. The Morgan fingerprint density at radius 2 is 1.75 bits per heavy atom. The molecule has 0 aliphatic heterocycles. The van der Waals surface area contributed by atoms with E-state index in [1.807, 2.05) is 34.6 Å². The molecule has 0 bridgehead atoms. The smallest absolute Gasteiger partial charge is 0.212 e. The van der Waals surface area contributed by atoms with Gasteiger partial charge in [-0.25, -0.2) is 13.1 Å². The van der Waals surface area contributed by atoms with Crippen molar-refractivity contribution in [1.29, 1.82) is 0 Å². The number of aliphatic hydroxyl groups excluding tert-OH is 1. The zero-order valence-corrected chi connectivity index (χ0v) is 11.8. The van der Waals surface area contributed by atoms with Gasteiger partial charge < -0.3 is 5.11 Å². The van der Waals surface area contributed by atoms with Gasteiger partial charge in [0.1, 0.15) is 0 Å². The lowest BCUT2D eigenvalue weighted by Gasteiger charge is -2.22. The van der Waals surface area contributed by atoms with Crippen LogP contribution in [0.25, 0.3) is 0 Å². The molecule has 0 aliphatic rings. The number of sulfonamides is 1. The molecule has 16 heavy (non-hydrogen) atoms. The molecule has 2 N–H and O–H groups in total. The predicted molar refractivity (Wildman–Crippen MR) is 66.7 cm³/mol. The van der Waals surface area contributed by atoms with Crippen LogP contribution in [0.1, 0.15) is 41.0 Å². The van der Waals surface area contributed by atoms with Crippen LogP contribution >= 0.6 is 0 Å². The molecular weight excluding hydrogens is 226 g/mol. The highest BCUT2D eigenvalue weighted by Crippen LogP contribution is 2.16. The molecular formula is C11H25NO3S. The fourth-order valence-corrected chi connectivity index (χ4v) is 3.50. The number of hydrogen-bond donors (Lipinski definition) is 2. The van der Waals surface area contributed by atoms with Crippen molar-refractivity contribution in [3.05, 3.63) is 0 Å². The fourth-order valence-electron chi connectivity index (χ4n) is 1.59. The van der Waals surface area contributed by atoms with Crippen LogP contribution in [0.2, 0.25) is 0 Å². The highest BCUT2D eigenvalue weighted by atomic mass is 32.2. The van der Waals surface area contributed by atoms with E-state index in [4.69, 9.17) is 5.11 Å². The molecule has 0 aromatic rings. The Bertz CT molecular complexity index is 291. The summed E-state index contributed by atoms with van der Waals surface area (Å²) in [6, 6.07) is -0.368. The zero-order chi connectivity index (χ0) is 13.0. The Labute approximate surface area is 99.5 Å². The second kappa shape index (κ2) is 5.98. The van der Waals surface area contributed by atoms with E-state index in [2.05, 4.69) is 4.72 Å². The van der Waals surface area contributed by atoms with Crippen LogP contribution in [-0.4, -0.2) is 31.9 Å². The highest BCUT2D eigenvalue weighted by molar-refractivity contribution is 7.89. The van der Waals surface area contributed by atoms with Crippen LogP contribution in [0.4, 0.5) is 0 Å². The molecule has 0 spiro atoms. The number of rotatable bonds is 6. The molecule has 0 amide bonds. The van der Waals surface area contributed by atoms with Gasteiger partial charge in [0.15, 0.2) is 0 Å². The maximum Gasteiger partial charge on any atom is 0.212 e. The summed E-state index contributed by atoms with van der Waals surface area (Å²) < 4.78 is 26.1. The molecule has 0 saturated carbocycles. The Morgan fingerprint density at radius 3 is 2.06 bits per heavy atom. The first-order valence-electron chi connectivity index (χ1n) is 5.66. The van der Waals surface area contributed by atoms with E-state index in [0.717, 1.165) is 0 Å². The maximum absolute atomic E-state index is 11.8. The Kier molecular flexibility index (Phi) is 5.93. The number of nitrogens with one attached hydrogen (secondary N) is 1. The van der Waals surface area contributed by atoms with Gasteiger partial charge in [-0.1, -0.05) is 34.6 Å². The van der Waals surface area contributed by atoms with E-state index in [9.17, 15) is 8.42 Å². The van der Waals surface area contributed by atoms with Crippen molar-refractivity contribution in [2.75, 3.05) is 12.4 Å². The van der Waals surface area contributed by atoms with Crippen LogP contribution < -0.4 is 4.72 Å². The molecule has 0 aromatic heterocycles. The van der Waals surface area contributed by atoms with E-state index in [1.54, 1.807) is 0 Å². The highest BCUT2D eigenvalue weighted by Gasteiger charge is 2.24. The van der Waals surface area contributed by atoms with Gasteiger partial charge in [0, 0.05) is 6.04 Å². The summed E-state index contributed by atoms with van der Waals surface area (Å²) in [6.45, 7) is 9.48. The van der Waals surface area contributed by atoms with Crippen LogP contribution in [0.15, 0.2) is 0 Å². The summed E-state index contributed by atoms with van der Waals surface area (Å²) in [5, 5.41) is 9.11. The minimum Gasteiger partial charge on any atom is -0.395 e. The van der Waals surface area contributed by atoms with E-state index in [-0.39, 0.29) is 23.8 Å². The van der Waals surface area contributed by atoms with Crippen LogP contribution in [-0.2, 0) is 10.0 Å². The van der Waals surface area contributed by atoms with Crippen LogP contribution in [0, 0.1) is 11.3 Å². The van der Waals surface area contributed by atoms with Crippen molar-refractivity contribution in [3.8, 4) is 0 Å². The van der Waals surface area contributed by atoms with Crippen LogP contribution in [0.3, 0.4) is 0 Å². The lowest BCUT2D eigenvalue weighted by Crippen LogP contribution is -2.41. The quantitative estimate of drug-likeness (QED) is 0.749. The Hall–Kier alpha value is -0.130. The van der Waals surface area contributed by atoms with Gasteiger partial charge in [-0.05, 0) is 17.8 Å².